The van der Waals surface area contributed by atoms with E-state index in [0.717, 1.165) is 4.57 Å². The summed E-state index contributed by atoms with van der Waals surface area (Å²) in [7, 11) is -3.72. The zero-order chi connectivity index (χ0) is 27.7. The van der Waals surface area contributed by atoms with Crippen LogP contribution in [0.5, 0.6) is 5.75 Å². The largest absolute Gasteiger partial charge is 0.496 e. The smallest absolute Gasteiger partial charge is 0.466 e. The Morgan fingerprint density at radius 3 is 2.43 bits per heavy atom. The second-order valence-corrected chi connectivity index (χ2v) is 11.1. The van der Waals surface area contributed by atoms with Crippen molar-refractivity contribution in [2.75, 3.05) is 13.7 Å². The van der Waals surface area contributed by atoms with Gasteiger partial charge in [0, 0.05) is 11.8 Å². The first-order valence-electron chi connectivity index (χ1n) is 10.8. The molecule has 5 N–H and O–H groups in total. The van der Waals surface area contributed by atoms with Crippen LogP contribution in [0.4, 0.5) is 4.79 Å². The zero-order valence-electron chi connectivity index (χ0n) is 20.2. The normalized spacial score (nSPS) is 25.2. The highest BCUT2D eigenvalue weighted by Crippen LogP contribution is 2.37. The Morgan fingerprint density at radius 2 is 1.86 bits per heavy atom. The Bertz CT molecular complexity index is 1270. The van der Waals surface area contributed by atoms with Crippen LogP contribution in [0.1, 0.15) is 26.3 Å². The first-order chi connectivity index (χ1) is 17.2. The second-order valence-electron chi connectivity index (χ2n) is 8.96. The van der Waals surface area contributed by atoms with Gasteiger partial charge in [0.05, 0.1) is 24.6 Å². The third-order valence-electron chi connectivity index (χ3n) is 5.12. The van der Waals surface area contributed by atoms with Crippen molar-refractivity contribution in [3.63, 3.8) is 0 Å². The van der Waals surface area contributed by atoms with Gasteiger partial charge in [-0.1, -0.05) is 23.0 Å². The lowest BCUT2D eigenvalue weighted by molar-refractivity contribution is -0.205. The van der Waals surface area contributed by atoms with Gasteiger partial charge in [0.25, 0.3) is 0 Å². The Balaban J connectivity index is 2.18. The van der Waals surface area contributed by atoms with Gasteiger partial charge in [-0.3, -0.25) is 9.12 Å². The maximum Gasteiger partial charge on any atom is 0.466 e. The van der Waals surface area contributed by atoms with Crippen LogP contribution in [-0.4, -0.2) is 98.3 Å². The van der Waals surface area contributed by atoms with Gasteiger partial charge in [0.2, 0.25) is 0 Å². The Morgan fingerprint density at radius 1 is 1.19 bits per heavy atom. The van der Waals surface area contributed by atoms with E-state index in [1.807, 2.05) is 0 Å². The maximum atomic E-state index is 13.0. The highest BCUT2D eigenvalue weighted by Gasteiger charge is 2.44. The van der Waals surface area contributed by atoms with Gasteiger partial charge in [-0.05, 0) is 32.9 Å². The predicted molar refractivity (Wildman–Crippen MR) is 131 cm³/mol. The molecule has 1 aliphatic rings. The molecule has 0 aliphatic carbocycles. The molecular weight excluding hydrogens is 536 g/mol. The number of ether oxygens (including phenoxy) is 3. The summed E-state index contributed by atoms with van der Waals surface area (Å²) in [4.78, 5) is 13.0. The molecule has 5 atom stereocenters. The minimum Gasteiger partial charge on any atom is -0.496 e. The summed E-state index contributed by atoms with van der Waals surface area (Å²) in [6.07, 6.45) is -5.89. The minimum absolute atomic E-state index is 0.0453. The van der Waals surface area contributed by atoms with Crippen molar-refractivity contribution in [1.29, 1.82) is 0 Å². The number of rotatable bonds is 6. The van der Waals surface area contributed by atoms with Gasteiger partial charge in [-0.2, -0.15) is 8.42 Å². The van der Waals surface area contributed by atoms with Crippen LogP contribution >= 0.6 is 11.8 Å². The summed E-state index contributed by atoms with van der Waals surface area (Å²) in [5.41, 5.74) is -1.95. The van der Waals surface area contributed by atoms with E-state index in [4.69, 9.17) is 18.8 Å². The van der Waals surface area contributed by atoms with Crippen molar-refractivity contribution < 1.29 is 56.7 Å². The molecule has 16 heteroatoms. The molecule has 0 spiro atoms. The Hall–Kier alpha value is -2.44. The average Bonchev–Trinajstić information content (AvgIpc) is 3.20. The number of hydrogen-bond acceptors (Lipinski definition) is 13. The number of oxime groups is 1. The number of nitrogens with zero attached hydrogens (tertiary/aromatic N) is 2. The first-order valence-corrected chi connectivity index (χ1v) is 13.0. The quantitative estimate of drug-likeness (QED) is 0.140. The topological polar surface area (TPSA) is 207 Å². The number of carbonyl (C=O) groups is 1. The van der Waals surface area contributed by atoms with E-state index in [9.17, 15) is 33.6 Å². The van der Waals surface area contributed by atoms with Crippen molar-refractivity contribution in [3.05, 3.63) is 30.0 Å². The Kier molecular flexibility index (Phi) is 8.75. The lowest BCUT2D eigenvalue weighted by Gasteiger charge is -2.39. The Labute approximate surface area is 216 Å². The molecule has 0 amide bonds. The monoisotopic (exact) mass is 564 g/mol. The number of aromatic nitrogens is 1. The molecule has 3 rings (SSSR count). The fourth-order valence-electron chi connectivity index (χ4n) is 3.54. The number of hydrogen-bond donors (Lipinski definition) is 5. The fourth-order valence-corrected chi connectivity index (χ4v) is 4.84. The van der Waals surface area contributed by atoms with Crippen molar-refractivity contribution >= 4 is 44.2 Å². The molecule has 0 radical (unpaired) electrons. The van der Waals surface area contributed by atoms with E-state index < -0.39 is 58.6 Å². The molecule has 1 fully saturated rings. The number of thioether (sulfide) groups is 1. The molecule has 206 valence electrons. The summed E-state index contributed by atoms with van der Waals surface area (Å²) >= 11 is 0.539. The van der Waals surface area contributed by atoms with Crippen LogP contribution in [0.2, 0.25) is 0 Å². The molecule has 0 bridgehead atoms. The first kappa shape index (κ1) is 29.1. The number of aliphatic hydroxyl groups is 4. The highest BCUT2D eigenvalue weighted by molar-refractivity contribution is 8.14. The van der Waals surface area contributed by atoms with E-state index in [1.165, 1.54) is 13.3 Å². The van der Waals surface area contributed by atoms with Crippen LogP contribution < -0.4 is 4.74 Å². The van der Waals surface area contributed by atoms with Crippen LogP contribution in [0.25, 0.3) is 10.9 Å². The molecule has 14 nitrogen and oxygen atoms in total. The van der Waals surface area contributed by atoms with E-state index in [0.29, 0.717) is 11.8 Å². The molecule has 1 aliphatic heterocycles. The van der Waals surface area contributed by atoms with Crippen molar-refractivity contribution in [1.82, 2.24) is 4.57 Å². The van der Waals surface area contributed by atoms with Gasteiger partial charge in [-0.25, -0.2) is 9.08 Å². The lowest BCUT2D eigenvalue weighted by atomic mass is 10.0. The van der Waals surface area contributed by atoms with Gasteiger partial charge >= 0.3 is 16.5 Å². The lowest BCUT2D eigenvalue weighted by Crippen LogP contribution is -2.57. The van der Waals surface area contributed by atoms with E-state index in [1.54, 1.807) is 39.0 Å². The van der Waals surface area contributed by atoms with Crippen molar-refractivity contribution in [2.45, 2.75) is 56.2 Å². The second kappa shape index (κ2) is 11.1. The molecule has 2 heterocycles. The standard InChI is InChI=1S/C21H28N2O12S2/c1-21(2,3)34-20(28)23-8-10(14-11(23)6-5-7-12(14)32-4)18(22-35-37(29,30)31)36-19-17(27)16(26)15(25)13(9-24)33-19/h5-8,13,15-17,19,24-27H,9H2,1-4H3,(H,29,30,31)/b22-18+/t13-,15-,16+,17-,19+/m1/s1. The summed E-state index contributed by atoms with van der Waals surface area (Å²) in [6, 6.07) is 4.72. The third-order valence-corrected chi connectivity index (χ3v) is 6.53. The summed E-state index contributed by atoms with van der Waals surface area (Å²) in [5, 5.41) is 43.6. The molecular formula is C21H28N2O12S2. The fraction of sp³-hybridized carbons (Fsp3) is 0.524. The van der Waals surface area contributed by atoms with Gasteiger partial charge < -0.3 is 34.6 Å². The van der Waals surface area contributed by atoms with Crippen molar-refractivity contribution in [3.8, 4) is 5.75 Å². The number of aliphatic hydroxyl groups excluding tert-OH is 4. The molecule has 1 aromatic carbocycles. The number of methoxy groups -OCH3 is 1. The summed E-state index contributed by atoms with van der Waals surface area (Å²) in [6.45, 7) is 4.29. The van der Waals surface area contributed by atoms with Gasteiger partial charge in [-0.15, -0.1) is 0 Å². The third kappa shape index (κ3) is 6.71. The van der Waals surface area contributed by atoms with E-state index in [2.05, 4.69) is 9.44 Å². The van der Waals surface area contributed by atoms with E-state index in [-0.39, 0.29) is 27.3 Å². The number of benzene rings is 1. The highest BCUT2D eigenvalue weighted by atomic mass is 32.3. The molecule has 2 aromatic rings. The molecule has 0 unspecified atom stereocenters. The van der Waals surface area contributed by atoms with E-state index >= 15 is 0 Å². The van der Waals surface area contributed by atoms with Gasteiger partial charge in [0.1, 0.15) is 46.2 Å². The maximum absolute atomic E-state index is 13.0. The average molecular weight is 565 g/mol. The summed E-state index contributed by atoms with van der Waals surface area (Å²) < 4.78 is 53.4. The van der Waals surface area contributed by atoms with Crippen LogP contribution in [0.3, 0.4) is 0 Å². The predicted octanol–water partition coefficient (Wildman–Crippen LogP) is 0.447. The van der Waals surface area contributed by atoms with Gasteiger partial charge in [0.15, 0.2) is 0 Å². The molecule has 1 aromatic heterocycles. The molecule has 37 heavy (non-hydrogen) atoms. The van der Waals surface area contributed by atoms with Crippen LogP contribution in [0.15, 0.2) is 29.6 Å². The summed E-state index contributed by atoms with van der Waals surface area (Å²) in [5.74, 6) is 0.240. The minimum atomic E-state index is -5.08. The number of fused-ring (bicyclic) bond motifs is 1. The van der Waals surface area contributed by atoms with Crippen molar-refractivity contribution in [2.24, 2.45) is 5.16 Å². The van der Waals surface area contributed by atoms with Crippen LogP contribution in [-0.2, 0) is 24.2 Å². The molecule has 0 saturated carbocycles. The van der Waals surface area contributed by atoms with Crippen LogP contribution in [0, 0.1) is 0 Å². The zero-order valence-corrected chi connectivity index (χ0v) is 21.8. The molecule has 1 saturated heterocycles. The number of carbonyl (C=O) groups excluding carboxylic acids is 1. The SMILES string of the molecule is COc1cccc2c1c(/C(=N\OS(=O)(=O)O)S[C@@H]1O[C@H](CO)[C@@H](O)[C@H](O)[C@H]1O)cn2C(=O)OC(C)(C)C.